The van der Waals surface area contributed by atoms with Gasteiger partial charge in [-0.2, -0.15) is 0 Å². The summed E-state index contributed by atoms with van der Waals surface area (Å²) >= 11 is 0. The molecular weight excluding hydrogens is 200 g/mol. The van der Waals surface area contributed by atoms with Crippen LogP contribution in [0.5, 0.6) is 0 Å². The second-order valence-electron chi connectivity index (χ2n) is 4.38. The Morgan fingerprint density at radius 1 is 1.38 bits per heavy atom. The Bertz CT molecular complexity index is 397. The zero-order chi connectivity index (χ0) is 12.3. The lowest BCUT2D eigenvalue weighted by Gasteiger charge is -2.15. The number of carbonyl (C=O) groups excluding carboxylic acids is 1. The van der Waals surface area contributed by atoms with Gasteiger partial charge in [-0.15, -0.1) is 0 Å². The number of nitrogens with two attached hydrogens (primary N) is 1. The van der Waals surface area contributed by atoms with Gasteiger partial charge in [0.2, 0.25) is 5.91 Å². The van der Waals surface area contributed by atoms with Gasteiger partial charge in [-0.25, -0.2) is 0 Å². The second-order valence-corrected chi connectivity index (χ2v) is 4.38. The molecule has 0 fully saturated rings. The maximum atomic E-state index is 11.6. The molecule has 0 atom stereocenters. The first-order valence-electron chi connectivity index (χ1n) is 5.57. The molecule has 0 heterocycles. The smallest absolute Gasteiger partial charge is 0.226 e. The number of hydrogen-bond acceptors (Lipinski definition) is 2. The van der Waals surface area contributed by atoms with E-state index in [1.54, 1.807) is 0 Å². The van der Waals surface area contributed by atoms with Crippen molar-refractivity contribution in [2.45, 2.75) is 34.2 Å². The van der Waals surface area contributed by atoms with E-state index in [2.05, 4.69) is 5.32 Å². The summed E-state index contributed by atoms with van der Waals surface area (Å²) in [5, 5.41) is 2.92. The summed E-state index contributed by atoms with van der Waals surface area (Å²) in [5.41, 5.74) is 9.91. The Balaban J connectivity index is 3.03. The number of carbonyl (C=O) groups is 1. The third-order valence-electron chi connectivity index (χ3n) is 2.82. The van der Waals surface area contributed by atoms with Crippen LogP contribution in [0.1, 0.15) is 30.5 Å². The summed E-state index contributed by atoms with van der Waals surface area (Å²) in [7, 11) is 0. The minimum atomic E-state index is -0.0120. The summed E-state index contributed by atoms with van der Waals surface area (Å²) < 4.78 is 0. The molecule has 1 rings (SSSR count). The highest BCUT2D eigenvalue weighted by Crippen LogP contribution is 2.22. The van der Waals surface area contributed by atoms with Crippen LogP contribution in [0.4, 0.5) is 5.69 Å². The summed E-state index contributed by atoms with van der Waals surface area (Å²) in [4.78, 5) is 11.6. The van der Waals surface area contributed by atoms with Crippen LogP contribution >= 0.6 is 0 Å². The van der Waals surface area contributed by atoms with Gasteiger partial charge in [0.1, 0.15) is 0 Å². The molecule has 16 heavy (non-hydrogen) atoms. The first-order valence-corrected chi connectivity index (χ1v) is 5.57. The molecule has 0 aliphatic rings. The fourth-order valence-corrected chi connectivity index (χ4v) is 1.62. The van der Waals surface area contributed by atoms with Crippen molar-refractivity contribution in [3.05, 3.63) is 28.8 Å². The van der Waals surface area contributed by atoms with Crippen molar-refractivity contribution in [2.75, 3.05) is 5.32 Å². The normalized spacial score (nSPS) is 10.6. The quantitative estimate of drug-likeness (QED) is 0.821. The third-order valence-corrected chi connectivity index (χ3v) is 2.82. The Morgan fingerprint density at radius 3 is 2.50 bits per heavy atom. The summed E-state index contributed by atoms with van der Waals surface area (Å²) in [6, 6.07) is 3.93. The molecule has 0 bridgehead atoms. The van der Waals surface area contributed by atoms with Crippen molar-refractivity contribution in [1.29, 1.82) is 0 Å². The van der Waals surface area contributed by atoms with Gasteiger partial charge < -0.3 is 11.1 Å². The maximum Gasteiger partial charge on any atom is 0.226 e. The summed E-state index contributed by atoms with van der Waals surface area (Å²) in [6.45, 7) is 8.28. The second kappa shape index (κ2) is 5.12. The van der Waals surface area contributed by atoms with Gasteiger partial charge in [-0.3, -0.25) is 4.79 Å². The van der Waals surface area contributed by atoms with E-state index in [0.29, 0.717) is 6.54 Å². The van der Waals surface area contributed by atoms with Gasteiger partial charge >= 0.3 is 0 Å². The van der Waals surface area contributed by atoms with Gasteiger partial charge in [0, 0.05) is 18.2 Å². The molecule has 0 aliphatic heterocycles. The molecule has 1 aromatic rings. The minimum absolute atomic E-state index is 0.0120. The lowest BCUT2D eigenvalue weighted by Crippen LogP contribution is -2.19. The van der Waals surface area contributed by atoms with Crippen molar-refractivity contribution < 1.29 is 4.79 Å². The van der Waals surface area contributed by atoms with Crippen LogP contribution in [0.2, 0.25) is 0 Å². The van der Waals surface area contributed by atoms with Crippen LogP contribution in [0, 0.1) is 19.8 Å². The number of aryl methyl sites for hydroxylation is 1. The highest BCUT2D eigenvalue weighted by atomic mass is 16.1. The highest BCUT2D eigenvalue weighted by Gasteiger charge is 2.11. The van der Waals surface area contributed by atoms with Gasteiger partial charge in [0.15, 0.2) is 0 Å². The Labute approximate surface area is 97.0 Å². The van der Waals surface area contributed by atoms with E-state index >= 15 is 0 Å². The number of hydrogen-bond donors (Lipinski definition) is 2. The molecule has 3 N–H and O–H groups in total. The average molecular weight is 220 g/mol. The number of anilines is 1. The van der Waals surface area contributed by atoms with E-state index in [4.69, 9.17) is 5.73 Å². The largest absolute Gasteiger partial charge is 0.326 e. The molecule has 88 valence electrons. The molecule has 1 aromatic carbocycles. The van der Waals surface area contributed by atoms with Crippen LogP contribution in [-0.4, -0.2) is 5.91 Å². The summed E-state index contributed by atoms with van der Waals surface area (Å²) in [6.07, 6.45) is 0. The molecule has 0 radical (unpaired) electrons. The predicted molar refractivity (Wildman–Crippen MR) is 67.3 cm³/mol. The Morgan fingerprint density at radius 2 is 2.00 bits per heavy atom. The number of amides is 1. The van der Waals surface area contributed by atoms with Crippen LogP contribution in [-0.2, 0) is 11.3 Å². The predicted octanol–water partition coefficient (Wildman–Crippen LogP) is 2.36. The fourth-order valence-electron chi connectivity index (χ4n) is 1.62. The number of rotatable bonds is 3. The van der Waals surface area contributed by atoms with Crippen molar-refractivity contribution in [3.8, 4) is 0 Å². The maximum absolute atomic E-state index is 11.6. The first kappa shape index (κ1) is 12.7. The van der Waals surface area contributed by atoms with E-state index in [0.717, 1.165) is 16.8 Å². The zero-order valence-electron chi connectivity index (χ0n) is 10.4. The number of nitrogens with one attached hydrogen (secondary N) is 1. The Hall–Kier alpha value is -1.35. The molecule has 0 aliphatic carbocycles. The van der Waals surface area contributed by atoms with Crippen molar-refractivity contribution in [3.63, 3.8) is 0 Å². The standard InChI is InChI=1S/C13H20N2O/c1-8(2)13(16)15-12-6-5-9(3)11(7-14)10(12)4/h5-6,8H,7,14H2,1-4H3,(H,15,16). The van der Waals surface area contributed by atoms with Gasteiger partial charge in [-0.05, 0) is 36.6 Å². The molecular formula is C13H20N2O. The third kappa shape index (κ3) is 2.61. The SMILES string of the molecule is Cc1ccc(NC(=O)C(C)C)c(C)c1CN. The summed E-state index contributed by atoms with van der Waals surface area (Å²) in [5.74, 6) is 0.0250. The lowest BCUT2D eigenvalue weighted by atomic mass is 10.0. The topological polar surface area (TPSA) is 55.1 Å². The molecule has 0 spiro atoms. The zero-order valence-corrected chi connectivity index (χ0v) is 10.4. The van der Waals surface area contributed by atoms with Crippen LogP contribution < -0.4 is 11.1 Å². The average Bonchev–Trinajstić information content (AvgIpc) is 2.22. The van der Waals surface area contributed by atoms with Crippen molar-refractivity contribution in [1.82, 2.24) is 0 Å². The molecule has 0 saturated heterocycles. The van der Waals surface area contributed by atoms with E-state index < -0.39 is 0 Å². The van der Waals surface area contributed by atoms with Crippen LogP contribution in [0.3, 0.4) is 0 Å². The molecule has 0 aromatic heterocycles. The molecule has 3 nitrogen and oxygen atoms in total. The van der Waals surface area contributed by atoms with Gasteiger partial charge in [-0.1, -0.05) is 19.9 Å². The number of benzene rings is 1. The lowest BCUT2D eigenvalue weighted by molar-refractivity contribution is -0.118. The van der Waals surface area contributed by atoms with Gasteiger partial charge in [0.05, 0.1) is 0 Å². The van der Waals surface area contributed by atoms with E-state index in [1.165, 1.54) is 5.56 Å². The molecule has 0 saturated carbocycles. The fraction of sp³-hybridized carbons (Fsp3) is 0.462. The van der Waals surface area contributed by atoms with E-state index in [1.807, 2.05) is 39.8 Å². The minimum Gasteiger partial charge on any atom is -0.326 e. The van der Waals surface area contributed by atoms with E-state index in [9.17, 15) is 4.79 Å². The van der Waals surface area contributed by atoms with Crippen molar-refractivity contribution in [2.24, 2.45) is 11.7 Å². The van der Waals surface area contributed by atoms with E-state index in [-0.39, 0.29) is 11.8 Å². The Kier molecular flexibility index (Phi) is 4.07. The first-order chi connectivity index (χ1) is 7.47. The molecule has 0 unspecified atom stereocenters. The van der Waals surface area contributed by atoms with Gasteiger partial charge in [0.25, 0.3) is 0 Å². The highest BCUT2D eigenvalue weighted by molar-refractivity contribution is 5.93. The molecule has 1 amide bonds. The monoisotopic (exact) mass is 220 g/mol. The van der Waals surface area contributed by atoms with Crippen molar-refractivity contribution >= 4 is 11.6 Å². The van der Waals surface area contributed by atoms with Crippen LogP contribution in [0.25, 0.3) is 0 Å². The molecule has 3 heteroatoms. The van der Waals surface area contributed by atoms with Crippen LogP contribution in [0.15, 0.2) is 12.1 Å².